The molecule has 0 fully saturated rings. The molecule has 0 unspecified atom stereocenters. The summed E-state index contributed by atoms with van der Waals surface area (Å²) in [6.07, 6.45) is -0.612. The largest absolute Gasteiger partial charge is 0.478 e. The van der Waals surface area contributed by atoms with Crippen molar-refractivity contribution in [2.24, 2.45) is 0 Å². The molecule has 1 aliphatic heterocycles. The summed E-state index contributed by atoms with van der Waals surface area (Å²) in [6.45, 7) is 4.32. The molecule has 0 saturated carbocycles. The average molecular weight is 314 g/mol. The number of hydrogen-bond donors (Lipinski definition) is 0. The molecule has 3 heterocycles. The van der Waals surface area contributed by atoms with E-state index in [1.165, 1.54) is 12.4 Å². The molecule has 0 bridgehead atoms. The number of halogens is 3. The number of alkyl halides is 3. The highest BCUT2D eigenvalue weighted by Gasteiger charge is 2.29. The van der Waals surface area contributed by atoms with Crippen LogP contribution in [0.1, 0.15) is 31.7 Å². The van der Waals surface area contributed by atoms with E-state index in [2.05, 4.69) is 10.2 Å². The highest BCUT2D eigenvalue weighted by atomic mass is 19.4. The summed E-state index contributed by atoms with van der Waals surface area (Å²) in [5.74, 6) is 0.877. The second kappa shape index (κ2) is 5.33. The first-order valence-electron chi connectivity index (χ1n) is 7.18. The number of aryl methyl sites for hydroxylation is 1. The van der Waals surface area contributed by atoms with E-state index in [9.17, 15) is 13.2 Å². The van der Waals surface area contributed by atoms with Crippen LogP contribution in [-0.4, -0.2) is 32.3 Å². The number of aromatic nitrogens is 4. The molecule has 3 rings (SSSR count). The molecule has 0 atom stereocenters. The molecule has 5 nitrogen and oxygen atoms in total. The van der Waals surface area contributed by atoms with E-state index in [0.29, 0.717) is 17.9 Å². The number of hydrogen-bond acceptors (Lipinski definition) is 3. The lowest BCUT2D eigenvalue weighted by Crippen LogP contribution is -2.17. The predicted molar refractivity (Wildman–Crippen MR) is 73.7 cm³/mol. The van der Waals surface area contributed by atoms with Crippen molar-refractivity contribution in [1.29, 1.82) is 0 Å². The fourth-order valence-electron chi connectivity index (χ4n) is 2.64. The molecule has 0 N–H and O–H groups in total. The molecule has 22 heavy (non-hydrogen) atoms. The first kappa shape index (κ1) is 14.9. The van der Waals surface area contributed by atoms with E-state index >= 15 is 0 Å². The van der Waals surface area contributed by atoms with Gasteiger partial charge in [0.1, 0.15) is 12.2 Å². The number of rotatable bonds is 3. The lowest BCUT2D eigenvalue weighted by molar-refractivity contribution is -0.142. The van der Waals surface area contributed by atoms with Gasteiger partial charge < -0.3 is 4.74 Å². The third kappa shape index (κ3) is 2.82. The highest BCUT2D eigenvalue weighted by Crippen LogP contribution is 2.37. The van der Waals surface area contributed by atoms with Gasteiger partial charge >= 0.3 is 6.18 Å². The number of fused-ring (bicyclic) bond motifs is 1. The van der Waals surface area contributed by atoms with Crippen LogP contribution in [0.15, 0.2) is 12.4 Å². The Kier molecular flexibility index (Phi) is 3.62. The van der Waals surface area contributed by atoms with E-state index < -0.39 is 12.7 Å². The molecule has 2 aromatic rings. The van der Waals surface area contributed by atoms with Gasteiger partial charge in [0.2, 0.25) is 5.88 Å². The number of nitrogens with zero attached hydrogens (tertiary/aromatic N) is 4. The zero-order valence-electron chi connectivity index (χ0n) is 12.4. The van der Waals surface area contributed by atoms with Crippen molar-refractivity contribution in [3.8, 4) is 17.1 Å². The third-order valence-electron chi connectivity index (χ3n) is 3.52. The topological polar surface area (TPSA) is 44.9 Å². The van der Waals surface area contributed by atoms with Crippen molar-refractivity contribution in [3.05, 3.63) is 18.0 Å². The SMILES string of the molecule is CC(C)c1c(-c2cnn(CC(F)(F)F)c2)nn2c1OCCC2. The van der Waals surface area contributed by atoms with Gasteiger partial charge in [0.05, 0.1) is 12.8 Å². The van der Waals surface area contributed by atoms with Gasteiger partial charge in [-0.25, -0.2) is 4.68 Å². The summed E-state index contributed by atoms with van der Waals surface area (Å²) >= 11 is 0. The predicted octanol–water partition coefficient (Wildman–Crippen LogP) is 3.21. The van der Waals surface area contributed by atoms with Gasteiger partial charge in [0.15, 0.2) is 0 Å². The lowest BCUT2D eigenvalue weighted by atomic mass is 10.0. The van der Waals surface area contributed by atoms with Crippen molar-refractivity contribution in [2.75, 3.05) is 6.61 Å². The Labute approximate surface area is 125 Å². The van der Waals surface area contributed by atoms with Crippen LogP contribution in [0.2, 0.25) is 0 Å². The van der Waals surface area contributed by atoms with Crippen molar-refractivity contribution in [3.63, 3.8) is 0 Å². The third-order valence-corrected chi connectivity index (χ3v) is 3.52. The van der Waals surface area contributed by atoms with Crippen molar-refractivity contribution < 1.29 is 17.9 Å². The molecule has 2 aromatic heterocycles. The van der Waals surface area contributed by atoms with Crippen LogP contribution in [0, 0.1) is 0 Å². The quantitative estimate of drug-likeness (QED) is 0.874. The van der Waals surface area contributed by atoms with Crippen LogP contribution < -0.4 is 4.74 Å². The van der Waals surface area contributed by atoms with Gasteiger partial charge in [0, 0.05) is 30.3 Å². The fourth-order valence-corrected chi connectivity index (χ4v) is 2.64. The van der Waals surface area contributed by atoms with Crippen molar-refractivity contribution >= 4 is 0 Å². The van der Waals surface area contributed by atoms with Gasteiger partial charge in [-0.1, -0.05) is 13.8 Å². The van der Waals surface area contributed by atoms with Gasteiger partial charge in [-0.15, -0.1) is 0 Å². The Bertz CT molecular complexity index is 672. The maximum absolute atomic E-state index is 12.4. The van der Waals surface area contributed by atoms with Crippen molar-refractivity contribution in [1.82, 2.24) is 19.6 Å². The second-order valence-corrected chi connectivity index (χ2v) is 5.69. The van der Waals surface area contributed by atoms with Crippen LogP contribution in [0.4, 0.5) is 13.2 Å². The molecular weight excluding hydrogens is 297 g/mol. The Hall–Kier alpha value is -1.99. The summed E-state index contributed by atoms with van der Waals surface area (Å²) in [6, 6.07) is 0. The van der Waals surface area contributed by atoms with E-state index in [-0.39, 0.29) is 5.92 Å². The Morgan fingerprint density at radius 3 is 2.82 bits per heavy atom. The van der Waals surface area contributed by atoms with Crippen LogP contribution in [-0.2, 0) is 13.1 Å². The summed E-state index contributed by atoms with van der Waals surface area (Å²) in [4.78, 5) is 0. The smallest absolute Gasteiger partial charge is 0.408 e. The molecule has 0 aromatic carbocycles. The van der Waals surface area contributed by atoms with Crippen LogP contribution >= 0.6 is 0 Å². The molecule has 0 saturated heterocycles. The highest BCUT2D eigenvalue weighted by molar-refractivity contribution is 5.65. The molecular formula is C14H17F3N4O. The van der Waals surface area contributed by atoms with E-state index in [1.807, 2.05) is 13.8 Å². The molecule has 8 heteroatoms. The van der Waals surface area contributed by atoms with E-state index in [0.717, 1.165) is 29.1 Å². The first-order chi connectivity index (χ1) is 10.3. The first-order valence-corrected chi connectivity index (χ1v) is 7.18. The monoisotopic (exact) mass is 314 g/mol. The molecule has 1 aliphatic rings. The minimum atomic E-state index is -4.29. The van der Waals surface area contributed by atoms with E-state index in [4.69, 9.17) is 4.74 Å². The lowest BCUT2D eigenvalue weighted by Gasteiger charge is -2.17. The zero-order chi connectivity index (χ0) is 15.9. The molecule has 0 radical (unpaired) electrons. The maximum Gasteiger partial charge on any atom is 0.408 e. The Morgan fingerprint density at radius 2 is 2.14 bits per heavy atom. The van der Waals surface area contributed by atoms with Crippen LogP contribution in [0.3, 0.4) is 0 Å². The fraction of sp³-hybridized carbons (Fsp3) is 0.571. The maximum atomic E-state index is 12.4. The average Bonchev–Trinajstić information content (AvgIpc) is 2.99. The van der Waals surface area contributed by atoms with Gasteiger partial charge in [-0.2, -0.15) is 23.4 Å². The summed E-state index contributed by atoms with van der Waals surface area (Å²) in [7, 11) is 0. The summed E-state index contributed by atoms with van der Waals surface area (Å²) in [5, 5.41) is 8.30. The minimum Gasteiger partial charge on any atom is -0.478 e. The standard InChI is InChI=1S/C14H17F3N4O/c1-9(2)11-12(19-21-4-3-5-22-13(11)21)10-6-18-20(7-10)8-14(15,16)17/h6-7,9H,3-5,8H2,1-2H3. The second-order valence-electron chi connectivity index (χ2n) is 5.69. The van der Waals surface area contributed by atoms with E-state index in [1.54, 1.807) is 4.68 Å². The Balaban J connectivity index is 1.99. The molecule has 120 valence electrons. The summed E-state index contributed by atoms with van der Waals surface area (Å²) < 4.78 is 45.7. The van der Waals surface area contributed by atoms with Crippen LogP contribution in [0.25, 0.3) is 11.3 Å². The molecule has 0 spiro atoms. The number of ether oxygens (including phenoxy) is 1. The van der Waals surface area contributed by atoms with Crippen LogP contribution in [0.5, 0.6) is 5.88 Å². The van der Waals surface area contributed by atoms with Gasteiger partial charge in [0.25, 0.3) is 0 Å². The van der Waals surface area contributed by atoms with Crippen molar-refractivity contribution in [2.45, 2.75) is 45.5 Å². The molecule has 0 aliphatic carbocycles. The normalized spacial score (nSPS) is 15.0. The molecule has 0 amide bonds. The zero-order valence-corrected chi connectivity index (χ0v) is 12.4. The van der Waals surface area contributed by atoms with Gasteiger partial charge in [-0.3, -0.25) is 4.68 Å². The van der Waals surface area contributed by atoms with Gasteiger partial charge in [-0.05, 0) is 5.92 Å². The Morgan fingerprint density at radius 1 is 1.36 bits per heavy atom. The minimum absolute atomic E-state index is 0.155. The summed E-state index contributed by atoms with van der Waals surface area (Å²) in [5.41, 5.74) is 2.16.